The van der Waals surface area contributed by atoms with Crippen molar-refractivity contribution in [3.63, 3.8) is 0 Å². The number of rotatable bonds is 10. The highest BCUT2D eigenvalue weighted by molar-refractivity contribution is 5.98. The van der Waals surface area contributed by atoms with Crippen molar-refractivity contribution >= 4 is 5.57 Å². The Bertz CT molecular complexity index is 6210. The normalized spacial score (nSPS) is 18.4. The molecule has 0 amide bonds. The number of nitrogens with zero attached hydrogens (tertiary/aromatic N) is 4. The SMILES string of the molecule is C1=CC2c3ccccc3C3(c4ccccc4Oc4c(C5C=CC(c6cc(-c7cccc(-c8cccc9c8-c8ccccc8C98c9ccccc9Oc9c(-c%10ccc(-c%11cc(-c%12ccccc%12-c%12ccccc%12)nc(-c%12ccccc%12)n%11)cc%10)cccc98)c7)nc(-c7ccccc7)n6)=CC5)cccc43)C2C=C1. The first-order chi connectivity index (χ1) is 52.5. The number of hydrogen-bond donors (Lipinski definition) is 0. The molecule has 15 aromatic rings. The Balaban J connectivity index is 0.639. The molecular formula is C100H66N4O2. The summed E-state index contributed by atoms with van der Waals surface area (Å²) in [5.74, 6) is 5.43. The topological polar surface area (TPSA) is 70.0 Å². The first-order valence-corrected chi connectivity index (χ1v) is 36.7. The third kappa shape index (κ3) is 9.50. The fourth-order valence-electron chi connectivity index (χ4n) is 18.3. The largest absolute Gasteiger partial charge is 0.456 e. The lowest BCUT2D eigenvalue weighted by Gasteiger charge is -2.44. The van der Waals surface area contributed by atoms with Crippen LogP contribution in [0.15, 0.2) is 370 Å². The summed E-state index contributed by atoms with van der Waals surface area (Å²) in [5.41, 5.74) is 28.2. The van der Waals surface area contributed by atoms with Gasteiger partial charge in [0.15, 0.2) is 11.6 Å². The van der Waals surface area contributed by atoms with Gasteiger partial charge in [0.2, 0.25) is 0 Å². The zero-order chi connectivity index (χ0) is 69.9. The van der Waals surface area contributed by atoms with Crippen LogP contribution in [-0.4, -0.2) is 19.9 Å². The predicted molar refractivity (Wildman–Crippen MR) is 427 cm³/mol. The third-order valence-corrected chi connectivity index (χ3v) is 22.9. The van der Waals surface area contributed by atoms with E-state index in [0.29, 0.717) is 11.6 Å². The Labute approximate surface area is 616 Å². The highest BCUT2D eigenvalue weighted by Gasteiger charge is 2.57. The van der Waals surface area contributed by atoms with Crippen molar-refractivity contribution in [1.29, 1.82) is 0 Å². The molecular weight excluding hydrogens is 1290 g/mol. The van der Waals surface area contributed by atoms with Crippen molar-refractivity contribution in [2.45, 2.75) is 29.1 Å². The lowest BCUT2D eigenvalue weighted by molar-refractivity contribution is 0.370. The Kier molecular flexibility index (Phi) is 14.2. The van der Waals surface area contributed by atoms with Crippen molar-refractivity contribution in [1.82, 2.24) is 19.9 Å². The number of aromatic nitrogens is 4. The monoisotopic (exact) mass is 1350 g/mol. The van der Waals surface area contributed by atoms with E-state index < -0.39 is 10.8 Å². The smallest absolute Gasteiger partial charge is 0.160 e. The third-order valence-electron chi connectivity index (χ3n) is 22.9. The van der Waals surface area contributed by atoms with Gasteiger partial charge in [-0.15, -0.1) is 0 Å². The summed E-state index contributed by atoms with van der Waals surface area (Å²) in [5, 5.41) is 0. The number of para-hydroxylation sites is 4. The lowest BCUT2D eigenvalue weighted by Crippen LogP contribution is -2.38. The van der Waals surface area contributed by atoms with Gasteiger partial charge in [0.25, 0.3) is 0 Å². The van der Waals surface area contributed by atoms with Crippen molar-refractivity contribution in [2.24, 2.45) is 5.92 Å². The average molecular weight is 1360 g/mol. The maximum Gasteiger partial charge on any atom is 0.160 e. The van der Waals surface area contributed by atoms with Crippen molar-refractivity contribution in [2.75, 3.05) is 0 Å². The molecule has 6 nitrogen and oxygen atoms in total. The summed E-state index contributed by atoms with van der Waals surface area (Å²) in [6, 6.07) is 118. The number of allylic oxidation sites excluding steroid dienone is 8. The minimum Gasteiger partial charge on any atom is -0.456 e. The van der Waals surface area contributed by atoms with Crippen molar-refractivity contribution in [3.8, 4) is 124 Å². The molecule has 5 atom stereocenters. The quantitative estimate of drug-likeness (QED) is 0.136. The minimum absolute atomic E-state index is 0.0679. The summed E-state index contributed by atoms with van der Waals surface area (Å²) < 4.78 is 14.5. The molecule has 106 heavy (non-hydrogen) atoms. The van der Waals surface area contributed by atoms with E-state index in [-0.39, 0.29) is 17.8 Å². The fourth-order valence-corrected chi connectivity index (χ4v) is 18.3. The van der Waals surface area contributed by atoms with Crippen LogP contribution >= 0.6 is 0 Å². The molecule has 2 spiro atoms. The van der Waals surface area contributed by atoms with Gasteiger partial charge in [-0.25, -0.2) is 19.9 Å². The minimum atomic E-state index is -0.732. The molecule has 0 N–H and O–H groups in total. The van der Waals surface area contributed by atoms with Crippen LogP contribution in [0.5, 0.6) is 23.0 Å². The van der Waals surface area contributed by atoms with Crippen LogP contribution in [0.1, 0.15) is 74.0 Å². The molecule has 0 saturated heterocycles. The molecule has 4 aliphatic carbocycles. The number of benzene rings is 13. The van der Waals surface area contributed by atoms with Crippen molar-refractivity contribution in [3.05, 3.63) is 426 Å². The van der Waals surface area contributed by atoms with Crippen LogP contribution < -0.4 is 9.47 Å². The molecule has 6 heteroatoms. The van der Waals surface area contributed by atoms with E-state index in [9.17, 15) is 0 Å². The van der Waals surface area contributed by atoms with E-state index in [2.05, 4.69) is 346 Å². The number of hydrogen-bond acceptors (Lipinski definition) is 6. The van der Waals surface area contributed by atoms with Gasteiger partial charge in [0, 0.05) is 79.0 Å². The van der Waals surface area contributed by atoms with Gasteiger partial charge in [-0.3, -0.25) is 0 Å². The first-order valence-electron chi connectivity index (χ1n) is 36.7. The zero-order valence-electron chi connectivity index (χ0n) is 57.8. The van der Waals surface area contributed by atoms with Gasteiger partial charge >= 0.3 is 0 Å². The second-order valence-corrected chi connectivity index (χ2v) is 28.4. The molecule has 0 fully saturated rings. The van der Waals surface area contributed by atoms with Crippen molar-refractivity contribution < 1.29 is 9.47 Å². The molecule has 21 rings (SSSR count). The highest BCUT2D eigenvalue weighted by Crippen LogP contribution is 2.67. The van der Waals surface area contributed by atoms with Crippen LogP contribution in [0.2, 0.25) is 0 Å². The molecule has 13 aromatic carbocycles. The number of ether oxygens (including phenoxy) is 2. The summed E-state index contributed by atoms with van der Waals surface area (Å²) in [7, 11) is 0. The lowest BCUT2D eigenvalue weighted by atomic mass is 9.61. The molecule has 5 unspecified atom stereocenters. The van der Waals surface area contributed by atoms with Crippen LogP contribution in [-0.2, 0) is 10.8 Å². The van der Waals surface area contributed by atoms with E-state index in [1.807, 2.05) is 24.3 Å². The fraction of sp³-hybridized carbons (Fsp3) is 0.0600. The zero-order valence-corrected chi connectivity index (χ0v) is 57.8. The molecule has 6 aliphatic rings. The molecule has 0 saturated carbocycles. The Morgan fingerprint density at radius 2 is 0.802 bits per heavy atom. The van der Waals surface area contributed by atoms with Gasteiger partial charge in [-0.05, 0) is 104 Å². The van der Waals surface area contributed by atoms with E-state index >= 15 is 0 Å². The molecule has 2 aromatic heterocycles. The molecule has 0 radical (unpaired) electrons. The highest BCUT2D eigenvalue weighted by atomic mass is 16.5. The van der Waals surface area contributed by atoms with Gasteiger partial charge in [0.1, 0.15) is 23.0 Å². The summed E-state index contributed by atoms with van der Waals surface area (Å²) in [6.45, 7) is 0. The van der Waals surface area contributed by atoms with E-state index in [1.54, 1.807) is 0 Å². The molecule has 0 bridgehead atoms. The summed E-state index contributed by atoms with van der Waals surface area (Å²) in [4.78, 5) is 21.3. The predicted octanol–water partition coefficient (Wildman–Crippen LogP) is 24.5. The Hall–Kier alpha value is -13.4. The average Bonchev–Trinajstić information content (AvgIpc) is 1.50. The van der Waals surface area contributed by atoms with Crippen LogP contribution in [0.4, 0.5) is 0 Å². The summed E-state index contributed by atoms with van der Waals surface area (Å²) >= 11 is 0. The molecule has 498 valence electrons. The Morgan fingerprint density at radius 1 is 0.302 bits per heavy atom. The van der Waals surface area contributed by atoms with Gasteiger partial charge in [0.05, 0.1) is 33.6 Å². The molecule has 4 heterocycles. The van der Waals surface area contributed by atoms with E-state index in [1.165, 1.54) is 50.1 Å². The van der Waals surface area contributed by atoms with E-state index in [0.717, 1.165) is 130 Å². The maximum absolute atomic E-state index is 7.29. The second-order valence-electron chi connectivity index (χ2n) is 28.4. The standard InChI is InChI=1S/C100H66N4O2/c1-4-26-63(27-5-1)72-34-10-11-37-78(72)91-62-89(102-98(104-91)69-30-8-3-9-31-69)67-58-54-65(55-59-67)75-41-25-49-87-96(75)106-93-51-21-19-46-84(93)100(87)82-44-17-14-38-79(82)94-73(39-23-47-85(94)100)70-32-22-33-71(60-70)90-61-88(101-97(103-90)68-28-6-2-7-29-68)66-56-52-64(53-57-66)74-40-24-48-86-95(74)105-92-50-20-18-45-83(92)99(86)80-42-15-12-35-76(80)77-36-13-16-43-81(77)99/h1-52,54-62,64,76,80H,53H2. The summed E-state index contributed by atoms with van der Waals surface area (Å²) in [6.07, 6.45) is 17.0. The van der Waals surface area contributed by atoms with Gasteiger partial charge < -0.3 is 9.47 Å². The molecule has 2 aliphatic heterocycles. The first kappa shape index (κ1) is 61.3. The number of fused-ring (bicyclic) bond motifs is 18. The Morgan fingerprint density at radius 3 is 1.56 bits per heavy atom. The maximum atomic E-state index is 7.29. The van der Waals surface area contributed by atoms with E-state index in [4.69, 9.17) is 29.4 Å². The van der Waals surface area contributed by atoms with Gasteiger partial charge in [-0.2, -0.15) is 0 Å². The van der Waals surface area contributed by atoms with Crippen LogP contribution in [0, 0.1) is 5.92 Å². The van der Waals surface area contributed by atoms with Gasteiger partial charge in [-0.1, -0.05) is 340 Å². The second kappa shape index (κ2) is 24.7. The van der Waals surface area contributed by atoms with Crippen LogP contribution in [0.3, 0.4) is 0 Å². The van der Waals surface area contributed by atoms with Crippen LogP contribution in [0.25, 0.3) is 107 Å².